The zero-order chi connectivity index (χ0) is 16.7. The van der Waals surface area contributed by atoms with Gasteiger partial charge in [-0.25, -0.2) is 9.97 Å². The summed E-state index contributed by atoms with van der Waals surface area (Å²) < 4.78 is 0. The van der Waals surface area contributed by atoms with Gasteiger partial charge in [0.2, 0.25) is 0 Å². The number of hydrogen-bond acceptors (Lipinski definition) is 3. The Morgan fingerprint density at radius 3 is 2.46 bits per heavy atom. The van der Waals surface area contributed by atoms with Crippen LogP contribution >= 0.6 is 0 Å². The molecule has 2 aromatic heterocycles. The lowest BCUT2D eigenvalue weighted by atomic mass is 9.92. The molecule has 1 saturated heterocycles. The fourth-order valence-electron chi connectivity index (χ4n) is 3.95. The van der Waals surface area contributed by atoms with Crippen LogP contribution in [0.25, 0.3) is 22.3 Å². The van der Waals surface area contributed by atoms with Crippen molar-refractivity contribution in [1.29, 1.82) is 0 Å². The standard InChI is InChI=1S/C20H24N4/c1-13-9-14(2)12-24(11-13)20-19-18(21-15(3)22-20)10-17(23-19)16-7-5-4-6-8-16/h4-8,10,13-14,23H,9,11-12H2,1-3H3/t13-,14-/m0/s1. The average Bonchev–Trinajstić information content (AvgIpc) is 2.97. The summed E-state index contributed by atoms with van der Waals surface area (Å²) in [6.45, 7) is 8.77. The van der Waals surface area contributed by atoms with E-state index >= 15 is 0 Å². The van der Waals surface area contributed by atoms with Crippen LogP contribution in [0.5, 0.6) is 0 Å². The predicted octanol–water partition coefficient (Wildman–Crippen LogP) is 4.42. The number of fused-ring (bicyclic) bond motifs is 1. The Balaban J connectivity index is 1.82. The highest BCUT2D eigenvalue weighted by molar-refractivity contribution is 5.90. The third-order valence-electron chi connectivity index (χ3n) is 4.82. The van der Waals surface area contributed by atoms with E-state index in [9.17, 15) is 0 Å². The number of piperidine rings is 1. The quantitative estimate of drug-likeness (QED) is 0.760. The number of nitrogens with zero attached hydrogens (tertiary/aromatic N) is 3. The molecule has 124 valence electrons. The average molecular weight is 320 g/mol. The molecule has 1 aromatic carbocycles. The molecular weight excluding hydrogens is 296 g/mol. The number of aromatic amines is 1. The lowest BCUT2D eigenvalue weighted by Crippen LogP contribution is -2.39. The van der Waals surface area contributed by atoms with Crippen LogP contribution in [-0.4, -0.2) is 28.0 Å². The first-order chi connectivity index (χ1) is 11.6. The Morgan fingerprint density at radius 1 is 1.04 bits per heavy atom. The maximum atomic E-state index is 4.78. The molecule has 1 aliphatic heterocycles. The van der Waals surface area contributed by atoms with Crippen LogP contribution in [0.15, 0.2) is 36.4 Å². The summed E-state index contributed by atoms with van der Waals surface area (Å²) in [6, 6.07) is 12.5. The minimum Gasteiger partial charge on any atom is -0.354 e. The molecule has 4 rings (SSSR count). The minimum atomic E-state index is 0.697. The largest absolute Gasteiger partial charge is 0.354 e. The summed E-state index contributed by atoms with van der Waals surface area (Å²) in [7, 11) is 0. The van der Waals surface area contributed by atoms with Crippen LogP contribution in [-0.2, 0) is 0 Å². The lowest BCUT2D eigenvalue weighted by Gasteiger charge is -2.36. The molecule has 0 amide bonds. The van der Waals surface area contributed by atoms with Crippen molar-refractivity contribution in [2.24, 2.45) is 11.8 Å². The molecule has 4 nitrogen and oxygen atoms in total. The van der Waals surface area contributed by atoms with Gasteiger partial charge in [-0.2, -0.15) is 0 Å². The summed E-state index contributed by atoms with van der Waals surface area (Å²) in [5.41, 5.74) is 4.34. The maximum Gasteiger partial charge on any atom is 0.156 e. The molecule has 1 N–H and O–H groups in total. The summed E-state index contributed by atoms with van der Waals surface area (Å²) in [5, 5.41) is 0. The molecule has 3 aromatic rings. The lowest BCUT2D eigenvalue weighted by molar-refractivity contribution is 0.355. The van der Waals surface area contributed by atoms with Crippen molar-refractivity contribution in [1.82, 2.24) is 15.0 Å². The first-order valence-electron chi connectivity index (χ1n) is 8.78. The number of hydrogen-bond donors (Lipinski definition) is 1. The van der Waals surface area contributed by atoms with Crippen molar-refractivity contribution in [2.45, 2.75) is 27.2 Å². The van der Waals surface area contributed by atoms with Gasteiger partial charge in [-0.05, 0) is 36.8 Å². The zero-order valence-corrected chi connectivity index (χ0v) is 14.6. The summed E-state index contributed by atoms with van der Waals surface area (Å²) in [5.74, 6) is 3.28. The van der Waals surface area contributed by atoms with Gasteiger partial charge in [0.1, 0.15) is 11.3 Å². The van der Waals surface area contributed by atoms with Gasteiger partial charge >= 0.3 is 0 Å². The first kappa shape index (κ1) is 15.2. The molecule has 0 radical (unpaired) electrons. The molecular formula is C20H24N4. The van der Waals surface area contributed by atoms with Gasteiger partial charge in [-0.3, -0.25) is 0 Å². The van der Waals surface area contributed by atoms with Crippen LogP contribution in [0, 0.1) is 18.8 Å². The highest BCUT2D eigenvalue weighted by Crippen LogP contribution is 2.32. The SMILES string of the molecule is Cc1nc(N2C[C@@H](C)C[C@H](C)C2)c2[nH]c(-c3ccccc3)cc2n1. The second-order valence-electron chi connectivity index (χ2n) is 7.25. The van der Waals surface area contributed by atoms with E-state index in [1.807, 2.05) is 13.0 Å². The Kier molecular flexibility index (Phi) is 3.75. The van der Waals surface area contributed by atoms with Crippen molar-refractivity contribution >= 4 is 16.9 Å². The van der Waals surface area contributed by atoms with Crippen LogP contribution in [0.2, 0.25) is 0 Å². The van der Waals surface area contributed by atoms with E-state index in [0.29, 0.717) is 11.8 Å². The third-order valence-corrected chi connectivity index (χ3v) is 4.82. The number of anilines is 1. The van der Waals surface area contributed by atoms with Gasteiger partial charge in [-0.1, -0.05) is 44.2 Å². The molecule has 1 fully saturated rings. The highest BCUT2D eigenvalue weighted by Gasteiger charge is 2.25. The molecule has 0 unspecified atom stereocenters. The molecule has 0 aliphatic carbocycles. The molecule has 1 aliphatic rings. The number of nitrogens with one attached hydrogen (secondary N) is 1. The molecule has 2 atom stereocenters. The molecule has 24 heavy (non-hydrogen) atoms. The van der Waals surface area contributed by atoms with E-state index in [-0.39, 0.29) is 0 Å². The number of benzene rings is 1. The monoisotopic (exact) mass is 320 g/mol. The normalized spacial score (nSPS) is 21.4. The molecule has 0 saturated carbocycles. The van der Waals surface area contributed by atoms with Gasteiger partial charge in [0.15, 0.2) is 5.82 Å². The Labute approximate surface area is 142 Å². The fraction of sp³-hybridized carbons (Fsp3) is 0.400. The second-order valence-corrected chi connectivity index (χ2v) is 7.25. The molecule has 0 spiro atoms. The molecule has 4 heteroatoms. The van der Waals surface area contributed by atoms with E-state index in [1.54, 1.807) is 0 Å². The summed E-state index contributed by atoms with van der Waals surface area (Å²) in [6.07, 6.45) is 1.30. The predicted molar refractivity (Wildman–Crippen MR) is 99.2 cm³/mol. The Bertz CT molecular complexity index is 843. The van der Waals surface area contributed by atoms with E-state index in [1.165, 1.54) is 12.0 Å². The smallest absolute Gasteiger partial charge is 0.156 e. The van der Waals surface area contributed by atoms with Crippen LogP contribution in [0.3, 0.4) is 0 Å². The Morgan fingerprint density at radius 2 is 1.75 bits per heavy atom. The van der Waals surface area contributed by atoms with Crippen molar-refractivity contribution < 1.29 is 0 Å². The van der Waals surface area contributed by atoms with E-state index < -0.39 is 0 Å². The van der Waals surface area contributed by atoms with E-state index in [4.69, 9.17) is 4.98 Å². The van der Waals surface area contributed by atoms with Crippen molar-refractivity contribution in [3.8, 4) is 11.3 Å². The first-order valence-corrected chi connectivity index (χ1v) is 8.78. The second kappa shape index (κ2) is 5.93. The summed E-state index contributed by atoms with van der Waals surface area (Å²) in [4.78, 5) is 15.4. The number of rotatable bonds is 2. The van der Waals surface area contributed by atoms with Gasteiger partial charge in [0.25, 0.3) is 0 Å². The maximum absolute atomic E-state index is 4.78. The van der Waals surface area contributed by atoms with Crippen molar-refractivity contribution in [3.63, 3.8) is 0 Å². The van der Waals surface area contributed by atoms with Gasteiger partial charge < -0.3 is 9.88 Å². The third kappa shape index (κ3) is 2.77. The number of aromatic nitrogens is 3. The topological polar surface area (TPSA) is 44.8 Å². The van der Waals surface area contributed by atoms with E-state index in [0.717, 1.165) is 41.5 Å². The highest BCUT2D eigenvalue weighted by atomic mass is 15.2. The minimum absolute atomic E-state index is 0.697. The zero-order valence-electron chi connectivity index (χ0n) is 14.6. The van der Waals surface area contributed by atoms with Crippen LogP contribution in [0.1, 0.15) is 26.1 Å². The van der Waals surface area contributed by atoms with Crippen LogP contribution in [0.4, 0.5) is 5.82 Å². The van der Waals surface area contributed by atoms with Crippen LogP contribution < -0.4 is 4.90 Å². The Hall–Kier alpha value is -2.36. The van der Waals surface area contributed by atoms with Crippen molar-refractivity contribution in [3.05, 3.63) is 42.2 Å². The van der Waals surface area contributed by atoms with E-state index in [2.05, 4.69) is 59.0 Å². The fourth-order valence-corrected chi connectivity index (χ4v) is 3.95. The summed E-state index contributed by atoms with van der Waals surface area (Å²) >= 11 is 0. The van der Waals surface area contributed by atoms with Gasteiger partial charge in [0.05, 0.1) is 5.52 Å². The van der Waals surface area contributed by atoms with Crippen molar-refractivity contribution in [2.75, 3.05) is 18.0 Å². The molecule has 0 bridgehead atoms. The number of aryl methyl sites for hydroxylation is 1. The van der Waals surface area contributed by atoms with Gasteiger partial charge in [0, 0.05) is 18.8 Å². The van der Waals surface area contributed by atoms with Gasteiger partial charge in [-0.15, -0.1) is 0 Å². The number of H-pyrrole nitrogens is 1. The molecule has 3 heterocycles.